The lowest BCUT2D eigenvalue weighted by atomic mass is 9.97. The Kier molecular flexibility index (Phi) is 12.9. The first-order valence-electron chi connectivity index (χ1n) is 16.3. The van der Waals surface area contributed by atoms with Crippen molar-refractivity contribution in [2.75, 3.05) is 13.2 Å². The van der Waals surface area contributed by atoms with Crippen molar-refractivity contribution in [3.63, 3.8) is 0 Å². The number of hydrogen-bond donors (Lipinski definition) is 0. The smallest absolute Gasteiger partial charge is 0.338 e. The number of hydrogen-bond acceptors (Lipinski definition) is 7. The second-order valence-corrected chi connectivity index (χ2v) is 18.6. The Balaban J connectivity index is 1.46. The van der Waals surface area contributed by atoms with Gasteiger partial charge in [-0.15, -0.1) is 0 Å². The van der Waals surface area contributed by atoms with Crippen LogP contribution in [0.15, 0.2) is 121 Å². The molecule has 0 amide bonds. The van der Waals surface area contributed by atoms with E-state index in [9.17, 15) is 4.79 Å². The Morgan fingerprint density at radius 2 is 1.11 bits per heavy atom. The largest absolute Gasteiger partial charge is 0.450 e. The molecule has 0 spiro atoms. The first kappa shape index (κ1) is 34.7. The minimum Gasteiger partial charge on any atom is -0.450 e. The van der Waals surface area contributed by atoms with E-state index in [1.54, 1.807) is 12.1 Å². The van der Waals surface area contributed by atoms with Gasteiger partial charge in [0.2, 0.25) is 0 Å². The van der Waals surface area contributed by atoms with Crippen molar-refractivity contribution in [2.24, 2.45) is 0 Å². The summed E-state index contributed by atoms with van der Waals surface area (Å²) in [5, 5.41) is 0. The Bertz CT molecular complexity index is 1470. The molecule has 0 N–H and O–H groups in total. The van der Waals surface area contributed by atoms with E-state index in [4.69, 9.17) is 28.4 Å². The molecule has 7 nitrogen and oxygen atoms in total. The zero-order valence-electron chi connectivity index (χ0n) is 27.5. The van der Waals surface area contributed by atoms with Crippen molar-refractivity contribution < 1.29 is 33.2 Å². The third-order valence-corrected chi connectivity index (χ3v) is 9.65. The van der Waals surface area contributed by atoms with Crippen LogP contribution >= 0.6 is 0 Å². The first-order valence-corrected chi connectivity index (χ1v) is 20.0. The van der Waals surface area contributed by atoms with Crippen molar-refractivity contribution >= 4 is 14.0 Å². The Labute approximate surface area is 279 Å². The van der Waals surface area contributed by atoms with Gasteiger partial charge in [0, 0.05) is 14.7 Å². The van der Waals surface area contributed by atoms with Crippen LogP contribution in [0.2, 0.25) is 25.7 Å². The van der Waals surface area contributed by atoms with Gasteiger partial charge < -0.3 is 28.4 Å². The molecule has 0 saturated carbocycles. The summed E-state index contributed by atoms with van der Waals surface area (Å²) in [6.45, 7) is 8.60. The molecule has 5 rings (SSSR count). The van der Waals surface area contributed by atoms with Crippen molar-refractivity contribution in [1.82, 2.24) is 0 Å². The molecule has 0 radical (unpaired) electrons. The van der Waals surface area contributed by atoms with Gasteiger partial charge in [0.1, 0.15) is 18.3 Å². The normalized spacial score (nSPS) is 21.3. The summed E-state index contributed by atoms with van der Waals surface area (Å²) in [7, 11) is -1.43. The molecule has 4 aromatic carbocycles. The van der Waals surface area contributed by atoms with E-state index in [0.717, 1.165) is 22.7 Å². The zero-order chi connectivity index (χ0) is 32.9. The minimum atomic E-state index is -1.43. The summed E-state index contributed by atoms with van der Waals surface area (Å²) < 4.78 is 38.9. The van der Waals surface area contributed by atoms with E-state index >= 15 is 0 Å². The molecule has 1 aliphatic rings. The van der Waals surface area contributed by atoms with Crippen molar-refractivity contribution in [3.05, 3.63) is 144 Å². The molecule has 1 heterocycles. The molecule has 47 heavy (non-hydrogen) atoms. The van der Waals surface area contributed by atoms with E-state index in [0.29, 0.717) is 25.4 Å². The molecule has 0 aliphatic carbocycles. The van der Waals surface area contributed by atoms with Gasteiger partial charge in [-0.25, -0.2) is 4.79 Å². The molecule has 0 unspecified atom stereocenters. The van der Waals surface area contributed by atoms with Gasteiger partial charge in [0.05, 0.1) is 32.0 Å². The molecule has 1 saturated heterocycles. The standard InChI is InChI=1S/C39H46O7Si/c1-47(2,3)25-24-42-39-37(46-38(40)33-22-14-7-15-23-33)36(44-28-32-20-12-6-13-21-32)35(43-27-31-18-10-5-11-19-31)34(45-39)29-41-26-30-16-8-4-9-17-30/h4-23,34-37,39H,24-29H2,1-3H3/t34-,35-,36+,37+,39+/m1/s1. The highest BCUT2D eigenvalue weighted by Crippen LogP contribution is 2.32. The number of rotatable bonds is 16. The molecule has 5 atom stereocenters. The molecule has 8 heteroatoms. The summed E-state index contributed by atoms with van der Waals surface area (Å²) >= 11 is 0. The monoisotopic (exact) mass is 654 g/mol. The van der Waals surface area contributed by atoms with Crippen LogP contribution in [0.3, 0.4) is 0 Å². The number of benzene rings is 4. The van der Waals surface area contributed by atoms with Gasteiger partial charge >= 0.3 is 5.97 Å². The highest BCUT2D eigenvalue weighted by molar-refractivity contribution is 6.76. The molecular formula is C39H46O7Si. The molecule has 0 bridgehead atoms. The number of esters is 1. The SMILES string of the molecule is C[Si](C)(C)CCO[C@H]1O[C@H](COCc2ccccc2)[C@@H](OCc2ccccc2)[C@H](OCc2ccccc2)[C@@H]1OC(=O)c1ccccc1. The Morgan fingerprint density at radius 1 is 0.617 bits per heavy atom. The molecule has 1 aliphatic heterocycles. The summed E-state index contributed by atoms with van der Waals surface area (Å²) in [5.41, 5.74) is 3.48. The molecule has 248 valence electrons. The maximum Gasteiger partial charge on any atom is 0.338 e. The predicted molar refractivity (Wildman–Crippen MR) is 185 cm³/mol. The van der Waals surface area contributed by atoms with Crippen LogP contribution in [-0.4, -0.2) is 58.0 Å². The van der Waals surface area contributed by atoms with Gasteiger partial charge in [-0.1, -0.05) is 129 Å². The second-order valence-electron chi connectivity index (χ2n) is 13.0. The average Bonchev–Trinajstić information content (AvgIpc) is 3.09. The molecule has 0 aromatic heterocycles. The highest BCUT2D eigenvalue weighted by Gasteiger charge is 2.50. The molecule has 4 aromatic rings. The van der Waals surface area contributed by atoms with Crippen molar-refractivity contribution in [3.8, 4) is 0 Å². The summed E-state index contributed by atoms with van der Waals surface area (Å²) in [4.78, 5) is 13.6. The van der Waals surface area contributed by atoms with Crippen molar-refractivity contribution in [1.29, 1.82) is 0 Å². The van der Waals surface area contributed by atoms with E-state index in [2.05, 4.69) is 19.6 Å². The van der Waals surface area contributed by atoms with Gasteiger partial charge in [0.15, 0.2) is 12.4 Å². The summed E-state index contributed by atoms with van der Waals surface area (Å²) in [6, 6.07) is 39.8. The second kappa shape index (κ2) is 17.5. The Morgan fingerprint density at radius 3 is 1.64 bits per heavy atom. The van der Waals surface area contributed by atoms with Gasteiger partial charge in [-0.2, -0.15) is 0 Å². The van der Waals surface area contributed by atoms with Gasteiger partial charge in [0.25, 0.3) is 0 Å². The number of ether oxygens (including phenoxy) is 6. The highest BCUT2D eigenvalue weighted by atomic mass is 28.3. The minimum absolute atomic E-state index is 0.229. The fourth-order valence-electron chi connectivity index (χ4n) is 5.31. The van der Waals surface area contributed by atoms with Crippen LogP contribution in [0.25, 0.3) is 0 Å². The van der Waals surface area contributed by atoms with Gasteiger partial charge in [-0.3, -0.25) is 0 Å². The maximum absolute atomic E-state index is 13.6. The van der Waals surface area contributed by atoms with Crippen molar-refractivity contribution in [2.45, 2.75) is 76.2 Å². The molecular weight excluding hydrogens is 609 g/mol. The topological polar surface area (TPSA) is 72.5 Å². The van der Waals surface area contributed by atoms with Crippen LogP contribution in [0.1, 0.15) is 27.0 Å². The number of carbonyl (C=O) groups excluding carboxylic acids is 1. The zero-order valence-corrected chi connectivity index (χ0v) is 28.5. The predicted octanol–water partition coefficient (Wildman–Crippen LogP) is 7.68. The third-order valence-electron chi connectivity index (χ3n) is 7.94. The van der Waals surface area contributed by atoms with Crippen LogP contribution in [0.4, 0.5) is 0 Å². The lowest BCUT2D eigenvalue weighted by Crippen LogP contribution is -2.62. The lowest BCUT2D eigenvalue weighted by Gasteiger charge is -2.45. The Hall–Kier alpha value is -3.63. The fraction of sp³-hybridized carbons (Fsp3) is 0.359. The maximum atomic E-state index is 13.6. The molecule has 1 fully saturated rings. The summed E-state index contributed by atoms with van der Waals surface area (Å²) in [5.74, 6) is -0.480. The lowest BCUT2D eigenvalue weighted by molar-refractivity contribution is -0.317. The van der Waals surface area contributed by atoms with E-state index in [1.165, 1.54) is 0 Å². The fourth-order valence-corrected chi connectivity index (χ4v) is 6.04. The van der Waals surface area contributed by atoms with E-state index in [1.807, 2.05) is 109 Å². The first-order chi connectivity index (χ1) is 22.9. The van der Waals surface area contributed by atoms with E-state index in [-0.39, 0.29) is 13.2 Å². The van der Waals surface area contributed by atoms with Crippen LogP contribution in [-0.2, 0) is 48.2 Å². The van der Waals surface area contributed by atoms with E-state index < -0.39 is 44.7 Å². The quantitative estimate of drug-likeness (QED) is 0.0907. The number of carbonyl (C=O) groups is 1. The third kappa shape index (κ3) is 11.0. The van der Waals surface area contributed by atoms with Gasteiger partial charge in [-0.05, 0) is 34.9 Å². The van der Waals surface area contributed by atoms with Crippen LogP contribution < -0.4 is 0 Å². The average molecular weight is 655 g/mol. The van der Waals surface area contributed by atoms with Crippen LogP contribution in [0.5, 0.6) is 0 Å². The summed E-state index contributed by atoms with van der Waals surface area (Å²) in [6.07, 6.45) is -3.71. The van der Waals surface area contributed by atoms with Crippen LogP contribution in [0, 0.1) is 0 Å².